The SMILES string of the molecule is C=C(C)CN(CC)S(=O)(=O)c1cc(N)c(F)cc1Cl. The third-order valence-electron chi connectivity index (χ3n) is 2.47. The Bertz CT molecular complexity index is 602. The topological polar surface area (TPSA) is 63.4 Å². The third kappa shape index (κ3) is 3.46. The molecular formula is C12H16ClFN2O2S. The molecule has 7 heteroatoms. The lowest BCUT2D eigenvalue weighted by molar-refractivity contribution is 0.453. The molecule has 0 aromatic heterocycles. The van der Waals surface area contributed by atoms with Gasteiger partial charge in [0.25, 0.3) is 0 Å². The van der Waals surface area contributed by atoms with Crippen LogP contribution < -0.4 is 5.73 Å². The number of hydrogen-bond acceptors (Lipinski definition) is 3. The fraction of sp³-hybridized carbons (Fsp3) is 0.333. The van der Waals surface area contributed by atoms with Crippen LogP contribution in [-0.4, -0.2) is 25.8 Å². The molecule has 0 heterocycles. The first-order chi connectivity index (χ1) is 8.70. The van der Waals surface area contributed by atoms with Gasteiger partial charge in [-0.3, -0.25) is 0 Å². The fourth-order valence-corrected chi connectivity index (χ4v) is 3.58. The van der Waals surface area contributed by atoms with Crippen LogP contribution in [0.5, 0.6) is 0 Å². The number of nitrogens with two attached hydrogens (primary N) is 1. The van der Waals surface area contributed by atoms with E-state index < -0.39 is 15.8 Å². The number of anilines is 1. The van der Waals surface area contributed by atoms with Crippen molar-refractivity contribution in [3.63, 3.8) is 0 Å². The molecule has 0 atom stereocenters. The third-order valence-corrected chi connectivity index (χ3v) is 4.85. The van der Waals surface area contributed by atoms with E-state index >= 15 is 0 Å². The van der Waals surface area contributed by atoms with E-state index in [1.54, 1.807) is 13.8 Å². The molecular weight excluding hydrogens is 291 g/mol. The van der Waals surface area contributed by atoms with Crippen LogP contribution in [0, 0.1) is 5.82 Å². The van der Waals surface area contributed by atoms with Crippen molar-refractivity contribution >= 4 is 27.3 Å². The van der Waals surface area contributed by atoms with E-state index in [4.69, 9.17) is 17.3 Å². The van der Waals surface area contributed by atoms with Gasteiger partial charge in [-0.25, -0.2) is 12.8 Å². The quantitative estimate of drug-likeness (QED) is 0.672. The summed E-state index contributed by atoms with van der Waals surface area (Å²) >= 11 is 5.80. The second-order valence-corrected chi connectivity index (χ2v) is 6.51. The summed E-state index contributed by atoms with van der Waals surface area (Å²) in [6, 6.07) is 1.94. The summed E-state index contributed by atoms with van der Waals surface area (Å²) in [5.74, 6) is -0.744. The van der Waals surface area contributed by atoms with Gasteiger partial charge in [0.15, 0.2) is 0 Å². The van der Waals surface area contributed by atoms with E-state index in [1.165, 1.54) is 4.31 Å². The molecule has 2 N–H and O–H groups in total. The van der Waals surface area contributed by atoms with Gasteiger partial charge in [-0.15, -0.1) is 0 Å². The van der Waals surface area contributed by atoms with Gasteiger partial charge in [0, 0.05) is 13.1 Å². The zero-order valence-electron chi connectivity index (χ0n) is 10.8. The van der Waals surface area contributed by atoms with Crippen molar-refractivity contribution in [2.75, 3.05) is 18.8 Å². The smallest absolute Gasteiger partial charge is 0.244 e. The number of nitrogens with zero attached hydrogens (tertiary/aromatic N) is 1. The monoisotopic (exact) mass is 306 g/mol. The summed E-state index contributed by atoms with van der Waals surface area (Å²) in [5, 5.41) is -0.188. The molecule has 1 rings (SSSR count). The first-order valence-electron chi connectivity index (χ1n) is 5.59. The lowest BCUT2D eigenvalue weighted by Crippen LogP contribution is -2.32. The molecule has 4 nitrogen and oxygen atoms in total. The molecule has 0 aliphatic heterocycles. The number of benzene rings is 1. The molecule has 0 aliphatic rings. The van der Waals surface area contributed by atoms with E-state index in [0.29, 0.717) is 5.57 Å². The second kappa shape index (κ2) is 5.90. The van der Waals surface area contributed by atoms with Gasteiger partial charge >= 0.3 is 0 Å². The van der Waals surface area contributed by atoms with Crippen LogP contribution >= 0.6 is 11.6 Å². The molecule has 0 radical (unpaired) electrons. The van der Waals surface area contributed by atoms with Gasteiger partial charge in [-0.1, -0.05) is 30.7 Å². The highest BCUT2D eigenvalue weighted by atomic mass is 35.5. The lowest BCUT2D eigenvalue weighted by Gasteiger charge is -2.21. The Morgan fingerprint density at radius 1 is 1.53 bits per heavy atom. The summed E-state index contributed by atoms with van der Waals surface area (Å²) in [6.07, 6.45) is 0. The van der Waals surface area contributed by atoms with Crippen molar-refractivity contribution in [3.05, 3.63) is 35.1 Å². The van der Waals surface area contributed by atoms with Gasteiger partial charge in [-0.2, -0.15) is 4.31 Å². The number of hydrogen-bond donors (Lipinski definition) is 1. The van der Waals surface area contributed by atoms with Crippen molar-refractivity contribution in [2.24, 2.45) is 0 Å². The Morgan fingerprint density at radius 2 is 2.11 bits per heavy atom. The summed E-state index contributed by atoms with van der Waals surface area (Å²) in [7, 11) is -3.82. The zero-order chi connectivity index (χ0) is 14.8. The molecule has 0 saturated carbocycles. The first kappa shape index (κ1) is 15.9. The Labute approximate surface area is 117 Å². The summed E-state index contributed by atoms with van der Waals surface area (Å²) < 4.78 is 39.2. The zero-order valence-corrected chi connectivity index (χ0v) is 12.4. The van der Waals surface area contributed by atoms with Crippen molar-refractivity contribution in [3.8, 4) is 0 Å². The predicted molar refractivity (Wildman–Crippen MR) is 75.1 cm³/mol. The van der Waals surface area contributed by atoms with Crippen molar-refractivity contribution in [1.29, 1.82) is 0 Å². The van der Waals surface area contributed by atoms with E-state index in [1.807, 2.05) is 0 Å². The Morgan fingerprint density at radius 3 is 2.58 bits per heavy atom. The van der Waals surface area contributed by atoms with Crippen LogP contribution in [0.3, 0.4) is 0 Å². The molecule has 0 saturated heterocycles. The van der Waals surface area contributed by atoms with Crippen molar-refractivity contribution in [1.82, 2.24) is 4.31 Å². The average Bonchev–Trinajstić information content (AvgIpc) is 2.30. The molecule has 0 spiro atoms. The van der Waals surface area contributed by atoms with Crippen LogP contribution in [0.4, 0.5) is 10.1 Å². The minimum atomic E-state index is -3.82. The number of halogens is 2. The van der Waals surface area contributed by atoms with Gasteiger partial charge < -0.3 is 5.73 Å². The Kier molecular flexibility index (Phi) is 4.95. The maximum Gasteiger partial charge on any atom is 0.244 e. The molecule has 106 valence electrons. The largest absolute Gasteiger partial charge is 0.396 e. The van der Waals surface area contributed by atoms with Gasteiger partial charge in [0.2, 0.25) is 10.0 Å². The molecule has 19 heavy (non-hydrogen) atoms. The highest BCUT2D eigenvalue weighted by molar-refractivity contribution is 7.89. The van der Waals surface area contributed by atoms with Gasteiger partial charge in [0.1, 0.15) is 10.7 Å². The number of sulfonamides is 1. The average molecular weight is 307 g/mol. The molecule has 0 unspecified atom stereocenters. The Hall–Kier alpha value is -1.11. The fourth-order valence-electron chi connectivity index (χ4n) is 1.55. The maximum atomic E-state index is 13.2. The highest BCUT2D eigenvalue weighted by Crippen LogP contribution is 2.28. The Balaban J connectivity index is 3.33. The van der Waals surface area contributed by atoms with Crippen LogP contribution in [0.15, 0.2) is 29.2 Å². The summed E-state index contributed by atoms with van der Waals surface area (Å²) in [4.78, 5) is -0.198. The van der Waals surface area contributed by atoms with Crippen LogP contribution in [-0.2, 0) is 10.0 Å². The van der Waals surface area contributed by atoms with E-state index in [0.717, 1.165) is 12.1 Å². The lowest BCUT2D eigenvalue weighted by atomic mass is 10.3. The number of nitrogen functional groups attached to an aromatic ring is 1. The number of likely N-dealkylation sites (N-methyl/N-ethyl adjacent to an activating group) is 1. The molecule has 0 bridgehead atoms. The van der Waals surface area contributed by atoms with Crippen LogP contribution in [0.2, 0.25) is 5.02 Å². The van der Waals surface area contributed by atoms with Crippen molar-refractivity contribution in [2.45, 2.75) is 18.7 Å². The van der Waals surface area contributed by atoms with E-state index in [2.05, 4.69) is 6.58 Å². The summed E-state index contributed by atoms with van der Waals surface area (Å²) in [6.45, 7) is 7.52. The molecule has 0 aliphatic carbocycles. The molecule has 1 aromatic rings. The summed E-state index contributed by atoms with van der Waals surface area (Å²) in [5.41, 5.74) is 5.83. The molecule has 1 aromatic carbocycles. The van der Waals surface area contributed by atoms with Gasteiger partial charge in [0.05, 0.1) is 10.7 Å². The standard InChI is InChI=1S/C12H16ClFN2O2S/c1-4-16(7-8(2)3)19(17,18)12-6-11(15)10(14)5-9(12)13/h5-6H,2,4,7,15H2,1,3H3. The predicted octanol–water partition coefficient (Wildman–Crippen LogP) is 2.65. The minimum Gasteiger partial charge on any atom is -0.396 e. The normalized spacial score (nSPS) is 11.8. The second-order valence-electron chi connectivity index (χ2n) is 4.19. The number of rotatable bonds is 5. The van der Waals surface area contributed by atoms with Gasteiger partial charge in [-0.05, 0) is 19.1 Å². The maximum absolute atomic E-state index is 13.2. The van der Waals surface area contributed by atoms with E-state index in [-0.39, 0.29) is 28.7 Å². The van der Waals surface area contributed by atoms with E-state index in [9.17, 15) is 12.8 Å². The first-order valence-corrected chi connectivity index (χ1v) is 7.41. The van der Waals surface area contributed by atoms with Crippen LogP contribution in [0.1, 0.15) is 13.8 Å². The van der Waals surface area contributed by atoms with Crippen molar-refractivity contribution < 1.29 is 12.8 Å². The molecule has 0 amide bonds. The van der Waals surface area contributed by atoms with Crippen LogP contribution in [0.25, 0.3) is 0 Å². The molecule has 0 fully saturated rings. The highest BCUT2D eigenvalue weighted by Gasteiger charge is 2.26. The minimum absolute atomic E-state index is 0.173.